The highest BCUT2D eigenvalue weighted by molar-refractivity contribution is 7.89. The second-order valence-corrected chi connectivity index (χ2v) is 6.89. The van der Waals surface area contributed by atoms with Gasteiger partial charge in [0, 0.05) is 18.1 Å². The van der Waals surface area contributed by atoms with Crippen LogP contribution in [0.2, 0.25) is 5.02 Å². The average Bonchev–Trinajstić information content (AvgIpc) is 2.47. The van der Waals surface area contributed by atoms with E-state index in [2.05, 4.69) is 4.72 Å². The lowest BCUT2D eigenvalue weighted by atomic mass is 10.3. The van der Waals surface area contributed by atoms with E-state index in [4.69, 9.17) is 16.3 Å². The van der Waals surface area contributed by atoms with Gasteiger partial charge < -0.3 is 9.64 Å². The highest BCUT2D eigenvalue weighted by Gasteiger charge is 2.26. The molecular weight excluding hydrogens is 316 g/mol. The molecule has 8 heteroatoms. The van der Waals surface area contributed by atoms with Crippen molar-refractivity contribution in [2.75, 3.05) is 26.3 Å². The van der Waals surface area contributed by atoms with Crippen molar-refractivity contribution < 1.29 is 17.9 Å². The Morgan fingerprint density at radius 1 is 1.38 bits per heavy atom. The van der Waals surface area contributed by atoms with Gasteiger partial charge in [0.1, 0.15) is 0 Å². The van der Waals surface area contributed by atoms with Crippen molar-refractivity contribution in [1.82, 2.24) is 9.62 Å². The molecule has 0 saturated carbocycles. The standard InChI is InChI=1S/C13H17ClN2O4S/c1-10(13(17)16-5-7-20-8-6-16)15-21(18,19)12-4-2-3-11(14)9-12/h2-4,9-10,15H,5-8H2,1H3/t10-/m1/s1. The fourth-order valence-electron chi connectivity index (χ4n) is 2.04. The van der Waals surface area contributed by atoms with Gasteiger partial charge in [-0.1, -0.05) is 17.7 Å². The normalized spacial score (nSPS) is 17.5. The van der Waals surface area contributed by atoms with E-state index in [-0.39, 0.29) is 10.8 Å². The van der Waals surface area contributed by atoms with Crippen LogP contribution in [0.3, 0.4) is 0 Å². The molecule has 1 heterocycles. The Morgan fingerprint density at radius 2 is 2.05 bits per heavy atom. The van der Waals surface area contributed by atoms with Crippen LogP contribution in [0.15, 0.2) is 29.2 Å². The fraction of sp³-hybridized carbons (Fsp3) is 0.462. The van der Waals surface area contributed by atoms with Gasteiger partial charge in [0.25, 0.3) is 0 Å². The van der Waals surface area contributed by atoms with Crippen LogP contribution in [-0.2, 0) is 19.6 Å². The number of rotatable bonds is 4. The Balaban J connectivity index is 2.07. The molecule has 0 radical (unpaired) electrons. The Morgan fingerprint density at radius 3 is 2.67 bits per heavy atom. The van der Waals surface area contributed by atoms with Crippen LogP contribution in [0.1, 0.15) is 6.92 Å². The Bertz CT molecular complexity index is 614. The van der Waals surface area contributed by atoms with Crippen molar-refractivity contribution in [3.63, 3.8) is 0 Å². The van der Waals surface area contributed by atoms with Gasteiger partial charge in [-0.3, -0.25) is 4.79 Å². The molecule has 1 saturated heterocycles. The highest BCUT2D eigenvalue weighted by Crippen LogP contribution is 2.16. The number of sulfonamides is 1. The van der Waals surface area contributed by atoms with Crippen LogP contribution in [0.4, 0.5) is 0 Å². The lowest BCUT2D eigenvalue weighted by molar-refractivity contribution is -0.136. The predicted molar refractivity (Wildman–Crippen MR) is 78.6 cm³/mol. The molecule has 21 heavy (non-hydrogen) atoms. The van der Waals surface area contributed by atoms with E-state index >= 15 is 0 Å². The molecule has 6 nitrogen and oxygen atoms in total. The molecule has 0 bridgehead atoms. The molecule has 1 aliphatic heterocycles. The van der Waals surface area contributed by atoms with Crippen molar-refractivity contribution in [1.29, 1.82) is 0 Å². The third kappa shape index (κ3) is 4.16. The van der Waals surface area contributed by atoms with E-state index < -0.39 is 16.1 Å². The second kappa shape index (κ2) is 6.74. The molecular formula is C13H17ClN2O4S. The molecule has 0 spiro atoms. The Hall–Kier alpha value is -1.15. The number of hydrogen-bond acceptors (Lipinski definition) is 4. The molecule has 0 unspecified atom stereocenters. The Kier molecular flexibility index (Phi) is 5.21. The number of carbonyl (C=O) groups is 1. The van der Waals surface area contributed by atoms with Crippen LogP contribution in [0.25, 0.3) is 0 Å². The smallest absolute Gasteiger partial charge is 0.241 e. The van der Waals surface area contributed by atoms with Gasteiger partial charge in [0.05, 0.1) is 24.2 Å². The molecule has 1 aliphatic rings. The minimum atomic E-state index is -3.78. The zero-order valence-corrected chi connectivity index (χ0v) is 13.2. The van der Waals surface area contributed by atoms with Crippen molar-refractivity contribution in [2.24, 2.45) is 0 Å². The molecule has 1 aromatic carbocycles. The van der Waals surface area contributed by atoms with Crippen molar-refractivity contribution >= 4 is 27.5 Å². The largest absolute Gasteiger partial charge is 0.378 e. The van der Waals surface area contributed by atoms with E-state index in [1.165, 1.54) is 19.1 Å². The molecule has 1 N–H and O–H groups in total. The molecule has 1 amide bonds. The highest BCUT2D eigenvalue weighted by atomic mass is 35.5. The first-order valence-corrected chi connectivity index (χ1v) is 8.41. The number of halogens is 1. The molecule has 1 aromatic rings. The monoisotopic (exact) mass is 332 g/mol. The topological polar surface area (TPSA) is 75.7 Å². The summed E-state index contributed by atoms with van der Waals surface area (Å²) in [5, 5.41) is 0.324. The van der Waals surface area contributed by atoms with Crippen LogP contribution < -0.4 is 4.72 Å². The lowest BCUT2D eigenvalue weighted by Crippen LogP contribution is -2.50. The lowest BCUT2D eigenvalue weighted by Gasteiger charge is -2.29. The van der Waals surface area contributed by atoms with Gasteiger partial charge in [-0.05, 0) is 25.1 Å². The summed E-state index contributed by atoms with van der Waals surface area (Å²) in [6, 6.07) is 5.07. The maximum absolute atomic E-state index is 12.2. The molecule has 0 aliphatic carbocycles. The number of amides is 1. The SMILES string of the molecule is C[C@@H](NS(=O)(=O)c1cccc(Cl)c1)C(=O)N1CCOCC1. The summed E-state index contributed by atoms with van der Waals surface area (Å²) in [5.74, 6) is -0.260. The number of carbonyl (C=O) groups excluding carboxylic acids is 1. The molecule has 0 aromatic heterocycles. The van der Waals surface area contributed by atoms with E-state index in [0.717, 1.165) is 0 Å². The number of nitrogens with zero attached hydrogens (tertiary/aromatic N) is 1. The quantitative estimate of drug-likeness (QED) is 0.887. The Labute approximate surface area is 129 Å². The van der Waals surface area contributed by atoms with Crippen LogP contribution in [0, 0.1) is 0 Å². The van der Waals surface area contributed by atoms with E-state index in [9.17, 15) is 13.2 Å². The molecule has 1 fully saturated rings. The molecule has 1 atom stereocenters. The van der Waals surface area contributed by atoms with Gasteiger partial charge in [0.15, 0.2) is 0 Å². The summed E-state index contributed by atoms with van der Waals surface area (Å²) in [5.41, 5.74) is 0. The van der Waals surface area contributed by atoms with E-state index in [0.29, 0.717) is 31.3 Å². The van der Waals surface area contributed by atoms with Gasteiger partial charge in [0.2, 0.25) is 15.9 Å². The van der Waals surface area contributed by atoms with Gasteiger partial charge >= 0.3 is 0 Å². The summed E-state index contributed by atoms with van der Waals surface area (Å²) in [6.07, 6.45) is 0. The van der Waals surface area contributed by atoms with Gasteiger partial charge in [-0.25, -0.2) is 8.42 Å². The maximum atomic E-state index is 12.2. The number of nitrogens with one attached hydrogen (secondary N) is 1. The third-order valence-corrected chi connectivity index (χ3v) is 4.90. The number of hydrogen-bond donors (Lipinski definition) is 1. The third-order valence-electron chi connectivity index (χ3n) is 3.13. The first kappa shape index (κ1) is 16.2. The summed E-state index contributed by atoms with van der Waals surface area (Å²) < 4.78 is 32.0. The summed E-state index contributed by atoms with van der Waals surface area (Å²) in [7, 11) is -3.78. The van der Waals surface area contributed by atoms with E-state index in [1.807, 2.05) is 0 Å². The minimum absolute atomic E-state index is 0.0385. The average molecular weight is 333 g/mol. The van der Waals surface area contributed by atoms with Crippen LogP contribution >= 0.6 is 11.6 Å². The van der Waals surface area contributed by atoms with Gasteiger partial charge in [-0.2, -0.15) is 4.72 Å². The number of benzene rings is 1. The van der Waals surface area contributed by atoms with Crippen molar-refractivity contribution in [3.8, 4) is 0 Å². The number of morpholine rings is 1. The zero-order valence-electron chi connectivity index (χ0n) is 11.6. The fourth-order valence-corrected chi connectivity index (χ4v) is 3.54. The molecule has 2 rings (SSSR count). The predicted octanol–water partition coefficient (Wildman–Crippen LogP) is 0.866. The first-order valence-electron chi connectivity index (χ1n) is 6.54. The van der Waals surface area contributed by atoms with Gasteiger partial charge in [-0.15, -0.1) is 0 Å². The summed E-state index contributed by atoms with van der Waals surface area (Å²) in [6.45, 7) is 3.42. The second-order valence-electron chi connectivity index (χ2n) is 4.74. The molecule has 116 valence electrons. The minimum Gasteiger partial charge on any atom is -0.378 e. The first-order chi connectivity index (χ1) is 9.90. The van der Waals surface area contributed by atoms with Crippen LogP contribution in [-0.4, -0.2) is 51.6 Å². The summed E-state index contributed by atoms with van der Waals surface area (Å²) in [4.78, 5) is 13.8. The summed E-state index contributed by atoms with van der Waals surface area (Å²) >= 11 is 5.79. The van der Waals surface area contributed by atoms with Crippen molar-refractivity contribution in [2.45, 2.75) is 17.9 Å². The number of ether oxygens (including phenoxy) is 1. The van der Waals surface area contributed by atoms with E-state index in [1.54, 1.807) is 17.0 Å². The maximum Gasteiger partial charge on any atom is 0.241 e. The van der Waals surface area contributed by atoms with Crippen molar-refractivity contribution in [3.05, 3.63) is 29.3 Å². The zero-order chi connectivity index (χ0) is 15.5. The van der Waals surface area contributed by atoms with Crippen LogP contribution in [0.5, 0.6) is 0 Å².